The standard InChI is InChI=1S/C12H24N2O2/c1-9(2)14(4)12(15)8-13-11-5-6-16-10(3)7-11/h9-11,13H,5-8H2,1-4H3. The molecule has 1 heterocycles. The summed E-state index contributed by atoms with van der Waals surface area (Å²) in [5.74, 6) is 0.161. The van der Waals surface area contributed by atoms with Crippen molar-refractivity contribution in [2.45, 2.75) is 51.8 Å². The molecule has 4 nitrogen and oxygen atoms in total. The van der Waals surface area contributed by atoms with Crippen molar-refractivity contribution in [1.29, 1.82) is 0 Å². The van der Waals surface area contributed by atoms with Crippen LogP contribution in [0.5, 0.6) is 0 Å². The van der Waals surface area contributed by atoms with E-state index in [1.165, 1.54) is 0 Å². The summed E-state index contributed by atoms with van der Waals surface area (Å²) in [7, 11) is 1.85. The van der Waals surface area contributed by atoms with Crippen molar-refractivity contribution in [3.05, 3.63) is 0 Å². The van der Waals surface area contributed by atoms with E-state index in [0.29, 0.717) is 18.7 Å². The van der Waals surface area contributed by atoms with Crippen LogP contribution in [0.3, 0.4) is 0 Å². The fraction of sp³-hybridized carbons (Fsp3) is 0.917. The minimum Gasteiger partial charge on any atom is -0.378 e. The zero-order valence-electron chi connectivity index (χ0n) is 10.8. The zero-order valence-corrected chi connectivity index (χ0v) is 10.8. The van der Waals surface area contributed by atoms with Gasteiger partial charge in [0.15, 0.2) is 0 Å². The fourth-order valence-corrected chi connectivity index (χ4v) is 1.83. The number of carbonyl (C=O) groups is 1. The maximum atomic E-state index is 11.7. The summed E-state index contributed by atoms with van der Waals surface area (Å²) in [6.45, 7) is 7.36. The van der Waals surface area contributed by atoms with Crippen molar-refractivity contribution in [2.75, 3.05) is 20.2 Å². The minimum absolute atomic E-state index is 0.161. The Bertz CT molecular complexity index is 231. The second-order valence-electron chi connectivity index (χ2n) is 4.88. The Morgan fingerprint density at radius 1 is 1.56 bits per heavy atom. The van der Waals surface area contributed by atoms with Crippen LogP contribution in [0.4, 0.5) is 0 Å². The monoisotopic (exact) mass is 228 g/mol. The van der Waals surface area contributed by atoms with Gasteiger partial charge in [0, 0.05) is 25.7 Å². The predicted molar refractivity (Wildman–Crippen MR) is 64.3 cm³/mol. The van der Waals surface area contributed by atoms with E-state index in [-0.39, 0.29) is 11.9 Å². The van der Waals surface area contributed by atoms with Gasteiger partial charge >= 0.3 is 0 Å². The van der Waals surface area contributed by atoms with Crippen LogP contribution in [0.15, 0.2) is 0 Å². The molecular formula is C12H24N2O2. The predicted octanol–water partition coefficient (Wildman–Crippen LogP) is 1.01. The van der Waals surface area contributed by atoms with Gasteiger partial charge in [0.1, 0.15) is 0 Å². The molecule has 0 aromatic carbocycles. The molecule has 2 atom stereocenters. The molecule has 1 aliphatic heterocycles. The van der Waals surface area contributed by atoms with Crippen LogP contribution in [-0.4, -0.2) is 49.2 Å². The first kappa shape index (κ1) is 13.5. The van der Waals surface area contributed by atoms with Gasteiger partial charge < -0.3 is 15.0 Å². The molecule has 0 bridgehead atoms. The number of nitrogens with one attached hydrogen (secondary N) is 1. The average Bonchev–Trinajstić information content (AvgIpc) is 2.24. The second-order valence-corrected chi connectivity index (χ2v) is 4.88. The van der Waals surface area contributed by atoms with Gasteiger partial charge in [-0.2, -0.15) is 0 Å². The second kappa shape index (κ2) is 6.21. The molecule has 1 amide bonds. The molecule has 0 radical (unpaired) electrons. The third-order valence-electron chi connectivity index (χ3n) is 3.20. The molecule has 0 saturated carbocycles. The lowest BCUT2D eigenvalue weighted by molar-refractivity contribution is -0.130. The van der Waals surface area contributed by atoms with Gasteiger partial charge in [-0.15, -0.1) is 0 Å². The van der Waals surface area contributed by atoms with Crippen molar-refractivity contribution in [3.8, 4) is 0 Å². The van der Waals surface area contributed by atoms with Crippen molar-refractivity contribution in [3.63, 3.8) is 0 Å². The highest BCUT2D eigenvalue weighted by atomic mass is 16.5. The Balaban J connectivity index is 2.25. The summed E-state index contributed by atoms with van der Waals surface area (Å²) in [4.78, 5) is 13.5. The highest BCUT2D eigenvalue weighted by Crippen LogP contribution is 2.12. The van der Waals surface area contributed by atoms with E-state index in [2.05, 4.69) is 12.2 Å². The maximum Gasteiger partial charge on any atom is 0.236 e. The Labute approximate surface area is 98.3 Å². The Morgan fingerprint density at radius 2 is 2.25 bits per heavy atom. The van der Waals surface area contributed by atoms with Crippen LogP contribution in [0, 0.1) is 0 Å². The Morgan fingerprint density at radius 3 is 2.81 bits per heavy atom. The molecule has 1 rings (SSSR count). The smallest absolute Gasteiger partial charge is 0.236 e. The van der Waals surface area contributed by atoms with E-state index in [0.717, 1.165) is 19.4 Å². The number of likely N-dealkylation sites (N-methyl/N-ethyl adjacent to an activating group) is 1. The molecule has 0 spiro atoms. The van der Waals surface area contributed by atoms with Crippen molar-refractivity contribution < 1.29 is 9.53 Å². The highest BCUT2D eigenvalue weighted by molar-refractivity contribution is 5.78. The molecule has 0 aromatic heterocycles. The molecule has 1 fully saturated rings. The number of rotatable bonds is 4. The maximum absolute atomic E-state index is 11.7. The van der Waals surface area contributed by atoms with E-state index in [1.807, 2.05) is 20.9 Å². The van der Waals surface area contributed by atoms with Crippen molar-refractivity contribution >= 4 is 5.91 Å². The average molecular weight is 228 g/mol. The normalized spacial score (nSPS) is 25.8. The molecule has 2 unspecified atom stereocenters. The zero-order chi connectivity index (χ0) is 12.1. The number of ether oxygens (including phenoxy) is 1. The third kappa shape index (κ3) is 4.10. The number of amides is 1. The molecular weight excluding hydrogens is 204 g/mol. The van der Waals surface area contributed by atoms with E-state index in [9.17, 15) is 4.79 Å². The van der Waals surface area contributed by atoms with Crippen LogP contribution in [0.2, 0.25) is 0 Å². The first-order valence-electron chi connectivity index (χ1n) is 6.11. The van der Waals surface area contributed by atoms with Crippen LogP contribution in [-0.2, 0) is 9.53 Å². The van der Waals surface area contributed by atoms with Gasteiger partial charge in [-0.25, -0.2) is 0 Å². The van der Waals surface area contributed by atoms with Crippen LogP contribution in [0.25, 0.3) is 0 Å². The van der Waals surface area contributed by atoms with E-state index in [1.54, 1.807) is 4.90 Å². The molecule has 1 aliphatic rings. The Kier molecular flexibility index (Phi) is 5.22. The van der Waals surface area contributed by atoms with Gasteiger partial charge in [0.2, 0.25) is 5.91 Å². The minimum atomic E-state index is 0.161. The Hall–Kier alpha value is -0.610. The summed E-state index contributed by atoms with van der Waals surface area (Å²) >= 11 is 0. The molecule has 94 valence electrons. The lowest BCUT2D eigenvalue weighted by Crippen LogP contribution is -2.45. The van der Waals surface area contributed by atoms with E-state index >= 15 is 0 Å². The molecule has 0 aromatic rings. The van der Waals surface area contributed by atoms with Gasteiger partial charge in [0.05, 0.1) is 12.6 Å². The third-order valence-corrected chi connectivity index (χ3v) is 3.20. The summed E-state index contributed by atoms with van der Waals surface area (Å²) in [6, 6.07) is 0.691. The van der Waals surface area contributed by atoms with Crippen LogP contribution in [0.1, 0.15) is 33.6 Å². The van der Waals surface area contributed by atoms with Gasteiger partial charge in [0.25, 0.3) is 0 Å². The van der Waals surface area contributed by atoms with Gasteiger partial charge in [-0.05, 0) is 33.6 Å². The van der Waals surface area contributed by atoms with Crippen molar-refractivity contribution in [2.24, 2.45) is 0 Å². The highest BCUT2D eigenvalue weighted by Gasteiger charge is 2.20. The lowest BCUT2D eigenvalue weighted by atomic mass is 10.0. The van der Waals surface area contributed by atoms with E-state index in [4.69, 9.17) is 4.74 Å². The van der Waals surface area contributed by atoms with Crippen molar-refractivity contribution in [1.82, 2.24) is 10.2 Å². The number of hydrogen-bond acceptors (Lipinski definition) is 3. The molecule has 16 heavy (non-hydrogen) atoms. The summed E-state index contributed by atoms with van der Waals surface area (Å²) in [6.07, 6.45) is 2.31. The largest absolute Gasteiger partial charge is 0.378 e. The number of carbonyl (C=O) groups excluding carboxylic acids is 1. The number of hydrogen-bond donors (Lipinski definition) is 1. The SMILES string of the molecule is CC1CC(NCC(=O)N(C)C(C)C)CCO1. The first-order valence-corrected chi connectivity index (χ1v) is 6.11. The first-order chi connectivity index (χ1) is 7.50. The quantitative estimate of drug-likeness (QED) is 0.781. The van der Waals surface area contributed by atoms with Gasteiger partial charge in [-0.1, -0.05) is 0 Å². The molecule has 0 aliphatic carbocycles. The van der Waals surface area contributed by atoms with Crippen LogP contribution < -0.4 is 5.32 Å². The number of nitrogens with zero attached hydrogens (tertiary/aromatic N) is 1. The topological polar surface area (TPSA) is 41.6 Å². The molecule has 4 heteroatoms. The summed E-state index contributed by atoms with van der Waals surface area (Å²) in [5.41, 5.74) is 0. The van der Waals surface area contributed by atoms with Gasteiger partial charge in [-0.3, -0.25) is 4.79 Å². The lowest BCUT2D eigenvalue weighted by Gasteiger charge is -2.29. The molecule has 1 N–H and O–H groups in total. The fourth-order valence-electron chi connectivity index (χ4n) is 1.83. The van der Waals surface area contributed by atoms with Crippen LogP contribution >= 0.6 is 0 Å². The summed E-state index contributed by atoms with van der Waals surface area (Å²) in [5, 5.41) is 3.32. The summed E-state index contributed by atoms with van der Waals surface area (Å²) < 4.78 is 5.47. The van der Waals surface area contributed by atoms with E-state index < -0.39 is 0 Å². The molecule has 1 saturated heterocycles.